The Labute approximate surface area is 240 Å². The third-order valence-electron chi connectivity index (χ3n) is 7.80. The number of carbonyl (C=O) groups is 3. The highest BCUT2D eigenvalue weighted by Gasteiger charge is 2.37. The summed E-state index contributed by atoms with van der Waals surface area (Å²) in [6, 6.07) is 12.6. The second-order valence-corrected chi connectivity index (χ2v) is 11.7. The smallest absolute Gasteiger partial charge is 0.261 e. The Morgan fingerprint density at radius 2 is 1.73 bits per heavy atom. The van der Waals surface area contributed by atoms with Crippen LogP contribution in [0.3, 0.4) is 0 Å². The molecular formula is C31H36ClN5O3. The molecule has 1 atom stereocenters. The van der Waals surface area contributed by atoms with Gasteiger partial charge in [-0.25, -0.2) is 0 Å². The standard InChI is InChI=1S/C31H36ClN5O3/c1-19(2)8-6-13-27-34-35-29(37(27)22-14-15-22)21(18-28(38)33-26-12-7-11-25(32)20(26)3)16-17-36-30(39)23-9-4-5-10-24(23)31(36)40/h4-5,7,9-12,19,21-22H,6,8,13-18H2,1-3H3,(H,33,38). The third-order valence-corrected chi connectivity index (χ3v) is 8.21. The van der Waals surface area contributed by atoms with Gasteiger partial charge in [-0.3, -0.25) is 19.3 Å². The Morgan fingerprint density at radius 3 is 2.38 bits per heavy atom. The van der Waals surface area contributed by atoms with Crippen LogP contribution < -0.4 is 5.32 Å². The number of hydrogen-bond donors (Lipinski definition) is 1. The molecule has 0 bridgehead atoms. The highest BCUT2D eigenvalue weighted by Crippen LogP contribution is 2.40. The fourth-order valence-corrected chi connectivity index (χ4v) is 5.58. The summed E-state index contributed by atoms with van der Waals surface area (Å²) in [5.41, 5.74) is 2.31. The lowest BCUT2D eigenvalue weighted by Crippen LogP contribution is -2.32. The number of benzene rings is 2. The summed E-state index contributed by atoms with van der Waals surface area (Å²) in [6.45, 7) is 6.49. The molecule has 1 saturated carbocycles. The maximum atomic E-state index is 13.4. The number of rotatable bonds is 12. The number of aromatic nitrogens is 3. The number of halogens is 1. The predicted molar refractivity (Wildman–Crippen MR) is 155 cm³/mol. The summed E-state index contributed by atoms with van der Waals surface area (Å²) in [6.07, 6.45) is 5.63. The molecule has 3 amide bonds. The zero-order valence-electron chi connectivity index (χ0n) is 23.3. The van der Waals surface area contributed by atoms with Gasteiger partial charge in [0.15, 0.2) is 0 Å². The topological polar surface area (TPSA) is 97.2 Å². The van der Waals surface area contributed by atoms with Gasteiger partial charge >= 0.3 is 0 Å². The van der Waals surface area contributed by atoms with Crippen molar-refractivity contribution in [3.05, 3.63) is 75.8 Å². The molecule has 9 heteroatoms. The van der Waals surface area contributed by atoms with Crippen LogP contribution >= 0.6 is 11.6 Å². The molecule has 8 nitrogen and oxygen atoms in total. The molecule has 1 unspecified atom stereocenters. The largest absolute Gasteiger partial charge is 0.326 e. The first-order valence-electron chi connectivity index (χ1n) is 14.2. The van der Waals surface area contributed by atoms with Crippen molar-refractivity contribution in [1.29, 1.82) is 0 Å². The molecule has 0 saturated heterocycles. The molecule has 1 aromatic heterocycles. The van der Waals surface area contributed by atoms with E-state index in [1.807, 2.05) is 13.0 Å². The normalized spacial score (nSPS) is 15.6. The lowest BCUT2D eigenvalue weighted by molar-refractivity contribution is -0.116. The van der Waals surface area contributed by atoms with Gasteiger partial charge in [-0.05, 0) is 68.4 Å². The van der Waals surface area contributed by atoms with E-state index in [0.717, 1.165) is 49.3 Å². The monoisotopic (exact) mass is 561 g/mol. The van der Waals surface area contributed by atoms with Gasteiger partial charge in [-0.2, -0.15) is 0 Å². The van der Waals surface area contributed by atoms with Crippen molar-refractivity contribution in [2.45, 2.75) is 77.7 Å². The number of aryl methyl sites for hydroxylation is 1. The Bertz CT molecular complexity index is 1390. The van der Waals surface area contributed by atoms with Crippen molar-refractivity contribution in [2.24, 2.45) is 5.92 Å². The first-order valence-corrected chi connectivity index (χ1v) is 14.6. The van der Waals surface area contributed by atoms with Crippen LogP contribution in [0.25, 0.3) is 0 Å². The summed E-state index contributed by atoms with van der Waals surface area (Å²) in [5.74, 6) is 1.24. The van der Waals surface area contributed by atoms with Gasteiger partial charge in [0.1, 0.15) is 11.6 Å². The molecule has 0 radical (unpaired) electrons. The highest BCUT2D eigenvalue weighted by molar-refractivity contribution is 6.31. The fourth-order valence-electron chi connectivity index (χ4n) is 5.40. The lowest BCUT2D eigenvalue weighted by Gasteiger charge is -2.21. The maximum Gasteiger partial charge on any atom is 0.261 e. The third kappa shape index (κ3) is 5.97. The summed E-state index contributed by atoms with van der Waals surface area (Å²) in [7, 11) is 0. The quantitative estimate of drug-likeness (QED) is 0.260. The van der Waals surface area contributed by atoms with Gasteiger partial charge < -0.3 is 9.88 Å². The van der Waals surface area contributed by atoms with E-state index < -0.39 is 0 Å². The van der Waals surface area contributed by atoms with E-state index in [9.17, 15) is 14.4 Å². The number of anilines is 1. The second kappa shape index (κ2) is 11.9. The van der Waals surface area contributed by atoms with Crippen molar-refractivity contribution in [2.75, 3.05) is 11.9 Å². The van der Waals surface area contributed by atoms with E-state index in [1.54, 1.807) is 36.4 Å². The summed E-state index contributed by atoms with van der Waals surface area (Å²) in [5, 5.41) is 12.8. The minimum absolute atomic E-state index is 0.145. The molecule has 1 fully saturated rings. The Kier molecular flexibility index (Phi) is 8.35. The van der Waals surface area contributed by atoms with Gasteiger partial charge in [0, 0.05) is 42.1 Å². The van der Waals surface area contributed by atoms with Crippen molar-refractivity contribution in [3.8, 4) is 0 Å². The van der Waals surface area contributed by atoms with E-state index in [1.165, 1.54) is 4.90 Å². The van der Waals surface area contributed by atoms with Gasteiger partial charge in [0.05, 0.1) is 11.1 Å². The molecule has 210 valence electrons. The molecule has 2 heterocycles. The van der Waals surface area contributed by atoms with Crippen LogP contribution in [-0.4, -0.2) is 43.9 Å². The number of nitrogens with one attached hydrogen (secondary N) is 1. The van der Waals surface area contributed by atoms with Crippen LogP contribution in [0.1, 0.15) is 102 Å². The van der Waals surface area contributed by atoms with Crippen molar-refractivity contribution in [3.63, 3.8) is 0 Å². The van der Waals surface area contributed by atoms with Gasteiger partial charge in [-0.15, -0.1) is 10.2 Å². The molecule has 1 aliphatic heterocycles. The number of hydrogen-bond acceptors (Lipinski definition) is 5. The Hall–Kier alpha value is -3.52. The first-order chi connectivity index (χ1) is 19.2. The predicted octanol–water partition coefficient (Wildman–Crippen LogP) is 6.35. The Balaban J connectivity index is 1.39. The van der Waals surface area contributed by atoms with Crippen molar-refractivity contribution < 1.29 is 14.4 Å². The van der Waals surface area contributed by atoms with Crippen LogP contribution in [-0.2, 0) is 11.2 Å². The molecule has 2 aliphatic rings. The van der Waals surface area contributed by atoms with Gasteiger partial charge in [0.25, 0.3) is 11.8 Å². The van der Waals surface area contributed by atoms with E-state index in [2.05, 4.69) is 33.9 Å². The lowest BCUT2D eigenvalue weighted by atomic mass is 9.98. The van der Waals surface area contributed by atoms with E-state index in [-0.39, 0.29) is 36.6 Å². The summed E-state index contributed by atoms with van der Waals surface area (Å²) >= 11 is 6.27. The second-order valence-electron chi connectivity index (χ2n) is 11.3. The van der Waals surface area contributed by atoms with Crippen LogP contribution in [0.2, 0.25) is 5.02 Å². The highest BCUT2D eigenvalue weighted by atomic mass is 35.5. The number of imide groups is 1. The molecule has 2 aromatic carbocycles. The number of carbonyl (C=O) groups excluding carboxylic acids is 3. The zero-order valence-corrected chi connectivity index (χ0v) is 24.1. The van der Waals surface area contributed by atoms with Crippen LogP contribution in [0.5, 0.6) is 0 Å². The van der Waals surface area contributed by atoms with E-state index in [4.69, 9.17) is 11.6 Å². The fraction of sp³-hybridized carbons (Fsp3) is 0.452. The molecule has 1 aliphatic carbocycles. The van der Waals surface area contributed by atoms with Crippen molar-refractivity contribution >= 4 is 35.0 Å². The molecule has 5 rings (SSSR count). The zero-order chi connectivity index (χ0) is 28.4. The van der Waals surface area contributed by atoms with Crippen LogP contribution in [0.15, 0.2) is 42.5 Å². The first kappa shape index (κ1) is 28.0. The van der Waals surface area contributed by atoms with Gasteiger partial charge in [0.2, 0.25) is 5.91 Å². The van der Waals surface area contributed by atoms with Crippen LogP contribution in [0, 0.1) is 12.8 Å². The van der Waals surface area contributed by atoms with E-state index >= 15 is 0 Å². The Morgan fingerprint density at radius 1 is 1.02 bits per heavy atom. The number of amides is 3. The molecule has 40 heavy (non-hydrogen) atoms. The average Bonchev–Trinajstić information content (AvgIpc) is 3.63. The molecule has 3 aromatic rings. The average molecular weight is 562 g/mol. The van der Waals surface area contributed by atoms with Gasteiger partial charge in [-0.1, -0.05) is 50.1 Å². The molecule has 0 spiro atoms. The van der Waals surface area contributed by atoms with Crippen molar-refractivity contribution in [1.82, 2.24) is 19.7 Å². The molecular weight excluding hydrogens is 526 g/mol. The maximum absolute atomic E-state index is 13.4. The number of nitrogens with zero attached hydrogens (tertiary/aromatic N) is 4. The molecule has 1 N–H and O–H groups in total. The van der Waals surface area contributed by atoms with E-state index in [0.29, 0.717) is 40.2 Å². The van der Waals surface area contributed by atoms with Crippen LogP contribution in [0.4, 0.5) is 5.69 Å². The summed E-state index contributed by atoms with van der Waals surface area (Å²) < 4.78 is 2.23. The summed E-state index contributed by atoms with van der Waals surface area (Å²) in [4.78, 5) is 40.7. The SMILES string of the molecule is Cc1c(Cl)cccc1NC(=O)CC(CCN1C(=O)c2ccccc2C1=O)c1nnc(CCCC(C)C)n1C1CC1. The minimum atomic E-state index is -0.323. The minimum Gasteiger partial charge on any atom is -0.326 e. The number of fused-ring (bicyclic) bond motifs is 1.